The van der Waals surface area contributed by atoms with Gasteiger partial charge in [0.05, 0.1) is 20.8 Å². The highest BCUT2D eigenvalue weighted by atomic mass is 16.5. The second-order valence-electron chi connectivity index (χ2n) is 7.10. The van der Waals surface area contributed by atoms with Crippen molar-refractivity contribution >= 4 is 5.96 Å². The van der Waals surface area contributed by atoms with Gasteiger partial charge in [0.25, 0.3) is 0 Å². The zero-order valence-corrected chi connectivity index (χ0v) is 17.5. The molecular weight excluding hydrogens is 342 g/mol. The summed E-state index contributed by atoms with van der Waals surface area (Å²) in [7, 11) is 5.09. The van der Waals surface area contributed by atoms with Crippen LogP contribution in [0.25, 0.3) is 0 Å². The highest BCUT2D eigenvalue weighted by molar-refractivity contribution is 5.79. The predicted molar refractivity (Wildman–Crippen MR) is 110 cm³/mol. The average Bonchev–Trinajstić information content (AvgIpc) is 3.18. The van der Waals surface area contributed by atoms with Crippen molar-refractivity contribution in [1.29, 1.82) is 0 Å². The fraction of sp³-hybridized carbons (Fsp3) is 0.667. The van der Waals surface area contributed by atoms with Crippen LogP contribution in [0.1, 0.15) is 51.5 Å². The Labute approximate surface area is 163 Å². The van der Waals surface area contributed by atoms with E-state index in [1.165, 1.54) is 32.1 Å². The molecule has 0 atom stereocenters. The van der Waals surface area contributed by atoms with E-state index >= 15 is 0 Å². The third-order valence-electron chi connectivity index (χ3n) is 5.54. The number of methoxy groups -OCH3 is 2. The van der Waals surface area contributed by atoms with Gasteiger partial charge in [-0.25, -0.2) is 0 Å². The normalized spacial score (nSPS) is 16.1. The molecule has 0 heterocycles. The van der Waals surface area contributed by atoms with Crippen LogP contribution in [0.15, 0.2) is 17.1 Å². The second kappa shape index (κ2) is 10.3. The molecule has 6 heteroatoms. The molecule has 0 saturated heterocycles. The van der Waals surface area contributed by atoms with Crippen LogP contribution in [0.3, 0.4) is 0 Å². The van der Waals surface area contributed by atoms with Crippen LogP contribution in [0.2, 0.25) is 0 Å². The maximum atomic E-state index is 5.66. The van der Waals surface area contributed by atoms with Gasteiger partial charge in [0.15, 0.2) is 17.5 Å². The minimum Gasteiger partial charge on any atom is -0.493 e. The Morgan fingerprint density at radius 3 is 2.19 bits per heavy atom. The summed E-state index contributed by atoms with van der Waals surface area (Å²) in [5.74, 6) is 2.81. The quantitative estimate of drug-likeness (QED) is 0.507. The molecule has 1 aliphatic rings. The molecule has 1 aliphatic carbocycles. The van der Waals surface area contributed by atoms with Gasteiger partial charge < -0.3 is 24.8 Å². The van der Waals surface area contributed by atoms with Gasteiger partial charge >= 0.3 is 0 Å². The van der Waals surface area contributed by atoms with Crippen molar-refractivity contribution in [2.45, 2.75) is 52.5 Å². The van der Waals surface area contributed by atoms with E-state index < -0.39 is 0 Å². The molecule has 1 fully saturated rings. The van der Waals surface area contributed by atoms with Gasteiger partial charge in [-0.15, -0.1) is 0 Å². The first kappa shape index (κ1) is 21.2. The molecule has 2 rings (SSSR count). The van der Waals surface area contributed by atoms with Crippen LogP contribution in [0, 0.1) is 5.41 Å². The van der Waals surface area contributed by atoms with Crippen LogP contribution in [-0.2, 0) is 6.54 Å². The van der Waals surface area contributed by atoms with Crippen molar-refractivity contribution in [3.8, 4) is 17.2 Å². The topological polar surface area (TPSA) is 64.1 Å². The maximum absolute atomic E-state index is 5.66. The summed E-state index contributed by atoms with van der Waals surface area (Å²) in [5.41, 5.74) is 1.46. The number of hydrogen-bond acceptors (Lipinski definition) is 4. The first-order valence-corrected chi connectivity index (χ1v) is 9.93. The van der Waals surface area contributed by atoms with Crippen molar-refractivity contribution in [3.63, 3.8) is 0 Å². The number of nitrogens with zero attached hydrogens (tertiary/aromatic N) is 1. The van der Waals surface area contributed by atoms with Gasteiger partial charge in [-0.1, -0.05) is 19.8 Å². The van der Waals surface area contributed by atoms with Crippen LogP contribution >= 0.6 is 0 Å². The number of ether oxygens (including phenoxy) is 3. The highest BCUT2D eigenvalue weighted by Gasteiger charge is 2.31. The highest BCUT2D eigenvalue weighted by Crippen LogP contribution is 2.40. The summed E-state index contributed by atoms with van der Waals surface area (Å²) < 4.78 is 16.6. The van der Waals surface area contributed by atoms with Crippen LogP contribution in [0.4, 0.5) is 0 Å². The monoisotopic (exact) mass is 377 g/mol. The summed E-state index contributed by atoms with van der Waals surface area (Å²) in [6.45, 7) is 6.39. The number of guanidine groups is 1. The SMILES string of the molecule is CCOc1c(OC)cc(CNC(=NC)NCC2(CC)CCCC2)cc1OC. The molecule has 1 aromatic rings. The van der Waals surface area contributed by atoms with Crippen molar-refractivity contribution in [2.24, 2.45) is 10.4 Å². The molecule has 0 radical (unpaired) electrons. The molecule has 27 heavy (non-hydrogen) atoms. The number of rotatable bonds is 9. The molecule has 152 valence electrons. The maximum Gasteiger partial charge on any atom is 0.203 e. The lowest BCUT2D eigenvalue weighted by Gasteiger charge is -2.28. The fourth-order valence-corrected chi connectivity index (χ4v) is 3.78. The van der Waals surface area contributed by atoms with Crippen LogP contribution < -0.4 is 24.8 Å². The van der Waals surface area contributed by atoms with Crippen molar-refractivity contribution in [3.05, 3.63) is 17.7 Å². The Morgan fingerprint density at radius 1 is 1.07 bits per heavy atom. The average molecular weight is 378 g/mol. The standard InChI is InChI=1S/C21H35N3O3/c1-6-21(10-8-9-11-21)15-24-20(22-3)23-14-16-12-17(25-4)19(27-7-2)18(13-16)26-5/h12-13H,6-11,14-15H2,1-5H3,(H2,22,23,24). The lowest BCUT2D eigenvalue weighted by atomic mass is 9.83. The smallest absolute Gasteiger partial charge is 0.203 e. The van der Waals surface area contributed by atoms with E-state index in [2.05, 4.69) is 22.5 Å². The van der Waals surface area contributed by atoms with E-state index in [9.17, 15) is 0 Å². The third kappa shape index (κ3) is 5.44. The molecule has 6 nitrogen and oxygen atoms in total. The summed E-state index contributed by atoms with van der Waals surface area (Å²) >= 11 is 0. The first-order chi connectivity index (χ1) is 13.1. The van der Waals surface area contributed by atoms with E-state index in [0.29, 0.717) is 35.8 Å². The Morgan fingerprint density at radius 2 is 1.70 bits per heavy atom. The van der Waals surface area contributed by atoms with E-state index in [4.69, 9.17) is 14.2 Å². The summed E-state index contributed by atoms with van der Waals surface area (Å²) in [6, 6.07) is 3.94. The number of aliphatic imine (C=N–C) groups is 1. The Bertz CT molecular complexity index is 600. The Hall–Kier alpha value is -2.11. The van der Waals surface area contributed by atoms with Crippen LogP contribution in [-0.4, -0.2) is 40.4 Å². The van der Waals surface area contributed by atoms with Crippen molar-refractivity contribution in [1.82, 2.24) is 10.6 Å². The van der Waals surface area contributed by atoms with Crippen molar-refractivity contribution in [2.75, 3.05) is 34.4 Å². The molecule has 2 N–H and O–H groups in total. The summed E-state index contributed by atoms with van der Waals surface area (Å²) in [4.78, 5) is 4.37. The minimum atomic E-state index is 0.420. The molecular formula is C21H35N3O3. The molecule has 0 unspecified atom stereocenters. The second-order valence-corrected chi connectivity index (χ2v) is 7.10. The molecule has 0 bridgehead atoms. The fourth-order valence-electron chi connectivity index (χ4n) is 3.78. The lowest BCUT2D eigenvalue weighted by molar-refractivity contribution is 0.283. The van der Waals surface area contributed by atoms with Crippen molar-refractivity contribution < 1.29 is 14.2 Å². The van der Waals surface area contributed by atoms with Gasteiger partial charge in [-0.3, -0.25) is 4.99 Å². The molecule has 0 amide bonds. The Kier molecular flexibility index (Phi) is 8.07. The van der Waals surface area contributed by atoms with E-state index in [0.717, 1.165) is 18.1 Å². The zero-order valence-electron chi connectivity index (χ0n) is 17.5. The first-order valence-electron chi connectivity index (χ1n) is 9.93. The largest absolute Gasteiger partial charge is 0.493 e. The molecule has 0 spiro atoms. The molecule has 1 aromatic carbocycles. The van der Waals surface area contributed by atoms with Gasteiger partial charge in [0.2, 0.25) is 5.75 Å². The number of benzene rings is 1. The van der Waals surface area contributed by atoms with Gasteiger partial charge in [0.1, 0.15) is 0 Å². The van der Waals surface area contributed by atoms with Gasteiger partial charge in [-0.2, -0.15) is 0 Å². The van der Waals surface area contributed by atoms with E-state index in [-0.39, 0.29) is 0 Å². The number of nitrogens with one attached hydrogen (secondary N) is 2. The zero-order chi connectivity index (χ0) is 19.7. The molecule has 1 saturated carbocycles. The van der Waals surface area contributed by atoms with E-state index in [1.807, 2.05) is 26.1 Å². The number of hydrogen-bond donors (Lipinski definition) is 2. The lowest BCUT2D eigenvalue weighted by Crippen LogP contribution is -2.42. The summed E-state index contributed by atoms with van der Waals surface area (Å²) in [6.07, 6.45) is 6.51. The van der Waals surface area contributed by atoms with E-state index in [1.54, 1.807) is 14.2 Å². The van der Waals surface area contributed by atoms with Crippen LogP contribution in [0.5, 0.6) is 17.2 Å². The Balaban J connectivity index is 2.01. The van der Waals surface area contributed by atoms with Gasteiger partial charge in [0, 0.05) is 20.1 Å². The molecule has 0 aromatic heterocycles. The predicted octanol–water partition coefficient (Wildman–Crippen LogP) is 3.74. The molecule has 0 aliphatic heterocycles. The summed E-state index contributed by atoms with van der Waals surface area (Å²) in [5, 5.41) is 6.91. The third-order valence-corrected chi connectivity index (χ3v) is 5.54. The van der Waals surface area contributed by atoms with Gasteiger partial charge in [-0.05, 0) is 49.3 Å². The minimum absolute atomic E-state index is 0.420.